The Morgan fingerprint density at radius 2 is 2.05 bits per heavy atom. The maximum atomic E-state index is 11.2. The number of carbonyl (C=O) groups is 1. The van der Waals surface area contributed by atoms with E-state index in [0.717, 1.165) is 22.8 Å². The summed E-state index contributed by atoms with van der Waals surface area (Å²) in [5.41, 5.74) is 2.94. The van der Waals surface area contributed by atoms with Crippen LogP contribution in [0.5, 0.6) is 0 Å². The molecule has 0 radical (unpaired) electrons. The first-order valence-electron chi connectivity index (χ1n) is 6.66. The lowest BCUT2D eigenvalue weighted by molar-refractivity contribution is -0.141. The van der Waals surface area contributed by atoms with Crippen molar-refractivity contribution in [2.45, 2.75) is 13.3 Å². The summed E-state index contributed by atoms with van der Waals surface area (Å²) in [7, 11) is 1.93. The molecule has 0 spiro atoms. The summed E-state index contributed by atoms with van der Waals surface area (Å²) in [6, 6.07) is 9.92. The summed E-state index contributed by atoms with van der Waals surface area (Å²) in [5.74, 6) is -0.0971. The van der Waals surface area contributed by atoms with Gasteiger partial charge in [-0.1, -0.05) is 18.2 Å². The highest BCUT2D eigenvalue weighted by molar-refractivity contribution is 5.73. The minimum absolute atomic E-state index is 0.361. The normalized spacial score (nSPS) is 17.9. The van der Waals surface area contributed by atoms with Crippen molar-refractivity contribution in [3.63, 3.8) is 0 Å². The van der Waals surface area contributed by atoms with Gasteiger partial charge in [-0.2, -0.15) is 5.10 Å². The van der Waals surface area contributed by atoms with Crippen LogP contribution < -0.4 is 4.90 Å². The van der Waals surface area contributed by atoms with Gasteiger partial charge in [0.15, 0.2) is 0 Å². The molecule has 2 heterocycles. The molecule has 5 heteroatoms. The van der Waals surface area contributed by atoms with Crippen molar-refractivity contribution in [1.29, 1.82) is 0 Å². The van der Waals surface area contributed by atoms with Crippen LogP contribution in [0.4, 0.5) is 5.82 Å². The van der Waals surface area contributed by atoms with E-state index in [-0.39, 0.29) is 5.92 Å². The summed E-state index contributed by atoms with van der Waals surface area (Å²) in [6.45, 7) is 2.46. The standard InChI is InChI=1S/C15H17N3O2/c1-10-13-8-11(15(19)20)9-17(2)14(13)18(16-10)12-6-4-3-5-7-12/h3-7,11H,8-9H2,1-2H3,(H,19,20). The highest BCUT2D eigenvalue weighted by Crippen LogP contribution is 2.33. The largest absolute Gasteiger partial charge is 0.481 e. The van der Waals surface area contributed by atoms with E-state index >= 15 is 0 Å². The van der Waals surface area contributed by atoms with Crippen molar-refractivity contribution in [2.75, 3.05) is 18.5 Å². The highest BCUT2D eigenvalue weighted by Gasteiger charge is 2.32. The maximum absolute atomic E-state index is 11.2. The lowest BCUT2D eigenvalue weighted by Gasteiger charge is -2.30. The van der Waals surface area contributed by atoms with Gasteiger partial charge in [-0.3, -0.25) is 4.79 Å². The molecule has 0 fully saturated rings. The quantitative estimate of drug-likeness (QED) is 0.906. The first-order valence-corrected chi connectivity index (χ1v) is 6.66. The Morgan fingerprint density at radius 3 is 2.70 bits per heavy atom. The Kier molecular flexibility index (Phi) is 2.97. The van der Waals surface area contributed by atoms with E-state index in [1.165, 1.54) is 0 Å². The Bertz CT molecular complexity index is 649. The molecule has 1 aliphatic rings. The second-order valence-electron chi connectivity index (χ2n) is 5.25. The van der Waals surface area contributed by atoms with Crippen LogP contribution in [0.15, 0.2) is 30.3 Å². The first-order chi connectivity index (χ1) is 9.58. The van der Waals surface area contributed by atoms with Gasteiger partial charge in [0, 0.05) is 19.2 Å². The third-order valence-corrected chi connectivity index (χ3v) is 3.81. The van der Waals surface area contributed by atoms with Gasteiger partial charge < -0.3 is 10.0 Å². The molecule has 0 saturated carbocycles. The minimum Gasteiger partial charge on any atom is -0.481 e. The van der Waals surface area contributed by atoms with Crippen LogP contribution in [-0.2, 0) is 11.2 Å². The van der Waals surface area contributed by atoms with Crippen LogP contribution in [0, 0.1) is 12.8 Å². The molecule has 0 saturated heterocycles. The molecule has 104 valence electrons. The van der Waals surface area contributed by atoms with Crippen molar-refractivity contribution < 1.29 is 9.90 Å². The van der Waals surface area contributed by atoms with Gasteiger partial charge in [0.25, 0.3) is 0 Å². The van der Waals surface area contributed by atoms with E-state index in [9.17, 15) is 9.90 Å². The van der Waals surface area contributed by atoms with Crippen LogP contribution in [-0.4, -0.2) is 34.4 Å². The summed E-state index contributed by atoms with van der Waals surface area (Å²) < 4.78 is 1.91. The average Bonchev–Trinajstić information content (AvgIpc) is 2.78. The lowest BCUT2D eigenvalue weighted by atomic mass is 9.95. The predicted molar refractivity (Wildman–Crippen MR) is 76.4 cm³/mol. The summed E-state index contributed by atoms with van der Waals surface area (Å²) in [6.07, 6.45) is 0.549. The van der Waals surface area contributed by atoms with Gasteiger partial charge >= 0.3 is 5.97 Å². The molecule has 1 N–H and O–H groups in total. The number of hydrogen-bond acceptors (Lipinski definition) is 3. The predicted octanol–water partition coefficient (Wildman–Crippen LogP) is 1.87. The fraction of sp³-hybridized carbons (Fsp3) is 0.333. The van der Waals surface area contributed by atoms with Gasteiger partial charge in [-0.15, -0.1) is 0 Å². The number of fused-ring (bicyclic) bond motifs is 1. The van der Waals surface area contributed by atoms with E-state index in [2.05, 4.69) is 5.10 Å². The number of rotatable bonds is 2. The highest BCUT2D eigenvalue weighted by atomic mass is 16.4. The van der Waals surface area contributed by atoms with Crippen molar-refractivity contribution in [1.82, 2.24) is 9.78 Å². The van der Waals surface area contributed by atoms with E-state index in [4.69, 9.17) is 0 Å². The molecule has 1 aliphatic heterocycles. The Labute approximate surface area is 117 Å². The number of aromatic nitrogens is 2. The van der Waals surface area contributed by atoms with Gasteiger partial charge in [-0.05, 0) is 25.5 Å². The molecule has 5 nitrogen and oxygen atoms in total. The number of carboxylic acid groups (broad SMARTS) is 1. The smallest absolute Gasteiger partial charge is 0.308 e. The molecule has 0 amide bonds. The number of carboxylic acids is 1. The van der Waals surface area contributed by atoms with Gasteiger partial charge in [0.05, 0.1) is 17.3 Å². The average molecular weight is 271 g/mol. The van der Waals surface area contributed by atoms with Crippen molar-refractivity contribution in [2.24, 2.45) is 5.92 Å². The summed E-state index contributed by atoms with van der Waals surface area (Å²) >= 11 is 0. The van der Waals surface area contributed by atoms with E-state index in [1.54, 1.807) is 0 Å². The van der Waals surface area contributed by atoms with Gasteiger partial charge in [-0.25, -0.2) is 4.68 Å². The third-order valence-electron chi connectivity index (χ3n) is 3.81. The second-order valence-corrected chi connectivity index (χ2v) is 5.25. The number of aliphatic carboxylic acids is 1. The van der Waals surface area contributed by atoms with Crippen molar-refractivity contribution in [3.8, 4) is 5.69 Å². The molecular weight excluding hydrogens is 254 g/mol. The lowest BCUT2D eigenvalue weighted by Crippen LogP contribution is -2.37. The molecule has 20 heavy (non-hydrogen) atoms. The number of para-hydroxylation sites is 1. The van der Waals surface area contributed by atoms with E-state index in [1.807, 2.05) is 53.9 Å². The van der Waals surface area contributed by atoms with Crippen molar-refractivity contribution in [3.05, 3.63) is 41.6 Å². The summed E-state index contributed by atoms with van der Waals surface area (Å²) in [4.78, 5) is 13.2. The monoisotopic (exact) mass is 271 g/mol. The van der Waals surface area contributed by atoms with Crippen LogP contribution in [0.3, 0.4) is 0 Å². The van der Waals surface area contributed by atoms with Crippen LogP contribution >= 0.6 is 0 Å². The zero-order valence-corrected chi connectivity index (χ0v) is 11.6. The third kappa shape index (κ3) is 1.95. The topological polar surface area (TPSA) is 58.4 Å². The molecule has 1 aromatic carbocycles. The van der Waals surface area contributed by atoms with Crippen LogP contribution in [0.2, 0.25) is 0 Å². The molecule has 2 aromatic rings. The van der Waals surface area contributed by atoms with Crippen LogP contribution in [0.1, 0.15) is 11.3 Å². The number of nitrogens with zero attached hydrogens (tertiary/aromatic N) is 3. The number of anilines is 1. The van der Waals surface area contributed by atoms with E-state index < -0.39 is 5.97 Å². The number of hydrogen-bond donors (Lipinski definition) is 1. The van der Waals surface area contributed by atoms with E-state index in [0.29, 0.717) is 13.0 Å². The summed E-state index contributed by atoms with van der Waals surface area (Å²) in [5, 5.41) is 13.8. The second kappa shape index (κ2) is 4.67. The Morgan fingerprint density at radius 1 is 1.35 bits per heavy atom. The first kappa shape index (κ1) is 12.7. The molecule has 1 atom stereocenters. The Hall–Kier alpha value is -2.30. The van der Waals surface area contributed by atoms with Gasteiger partial charge in [0.2, 0.25) is 0 Å². The molecule has 0 aliphatic carbocycles. The number of benzene rings is 1. The fourth-order valence-corrected chi connectivity index (χ4v) is 2.82. The SMILES string of the molecule is Cc1nn(-c2ccccc2)c2c1CC(C(=O)O)CN2C. The zero-order valence-electron chi connectivity index (χ0n) is 11.6. The number of aryl methyl sites for hydroxylation is 1. The Balaban J connectivity index is 2.10. The van der Waals surface area contributed by atoms with Gasteiger partial charge in [0.1, 0.15) is 5.82 Å². The molecule has 1 unspecified atom stereocenters. The molecule has 3 rings (SSSR count). The van der Waals surface area contributed by atoms with Crippen LogP contribution in [0.25, 0.3) is 5.69 Å². The zero-order chi connectivity index (χ0) is 14.3. The molecule has 0 bridgehead atoms. The minimum atomic E-state index is -0.741. The molecule has 1 aromatic heterocycles. The maximum Gasteiger partial charge on any atom is 0.308 e. The van der Waals surface area contributed by atoms with Crippen molar-refractivity contribution >= 4 is 11.8 Å². The molecular formula is C15H17N3O2. The fourth-order valence-electron chi connectivity index (χ4n) is 2.82.